The summed E-state index contributed by atoms with van der Waals surface area (Å²) in [4.78, 5) is 25.1. The third-order valence-electron chi connectivity index (χ3n) is 6.26. The van der Waals surface area contributed by atoms with E-state index in [1.807, 2.05) is 13.8 Å². The molecule has 0 bridgehead atoms. The number of hydrogen-bond acceptors (Lipinski definition) is 7. The third kappa shape index (κ3) is 7.10. The van der Waals surface area contributed by atoms with E-state index in [4.69, 9.17) is 16.3 Å². The second-order valence-electron chi connectivity index (χ2n) is 9.17. The van der Waals surface area contributed by atoms with Crippen LogP contribution in [0.2, 0.25) is 5.02 Å². The van der Waals surface area contributed by atoms with Gasteiger partial charge in [0.15, 0.2) is 21.3 Å². The third-order valence-corrected chi connectivity index (χ3v) is 8.44. The second-order valence-corrected chi connectivity index (χ2v) is 11.7. The summed E-state index contributed by atoms with van der Waals surface area (Å²) < 4.78 is 32.6. The number of halogens is 1. The quantitative estimate of drug-likeness (QED) is 0.238. The van der Waals surface area contributed by atoms with E-state index in [0.29, 0.717) is 41.6 Å². The van der Waals surface area contributed by atoms with Gasteiger partial charge in [-0.3, -0.25) is 14.7 Å². The van der Waals surface area contributed by atoms with Gasteiger partial charge in [-0.15, -0.1) is 10.2 Å². The fourth-order valence-corrected chi connectivity index (χ4v) is 5.30. The molecule has 0 fully saturated rings. The van der Waals surface area contributed by atoms with Crippen molar-refractivity contribution in [1.82, 2.24) is 19.8 Å². The van der Waals surface area contributed by atoms with Gasteiger partial charge in [-0.2, -0.15) is 0 Å². The van der Waals surface area contributed by atoms with E-state index in [-0.39, 0.29) is 34.9 Å². The molecule has 2 heterocycles. The molecule has 0 aliphatic carbocycles. The molecule has 1 amide bonds. The average Bonchev–Trinajstić information content (AvgIpc) is 3.40. The molecule has 2 atom stereocenters. The molecule has 0 spiro atoms. The number of nitrogens with one attached hydrogen (secondary N) is 2. The van der Waals surface area contributed by atoms with Crippen LogP contribution in [0, 0.1) is 18.8 Å². The Kier molecular flexibility index (Phi) is 9.72. The molecular weight excluding hydrogens is 518 g/mol. The lowest BCUT2D eigenvalue weighted by Gasteiger charge is -2.19. The summed E-state index contributed by atoms with van der Waals surface area (Å²) in [6.45, 7) is 7.86. The first-order chi connectivity index (χ1) is 17.6. The lowest BCUT2D eigenvalue weighted by Crippen LogP contribution is -2.27. The monoisotopic (exact) mass is 551 g/mol. The van der Waals surface area contributed by atoms with Crippen molar-refractivity contribution in [3.8, 4) is 0 Å². The largest absolute Gasteiger partial charge is 0.465 e. The SMILES string of the molecule is CCCCOC(=O)C(C)CC(CC)C(=O)Nc1ccc(S(=O)(=O)CCc2nnc3c(Cl)c(C)[nH]n23)cc1. The molecule has 0 aliphatic rings. The molecule has 10 nitrogen and oxygen atoms in total. The first-order valence-corrected chi connectivity index (χ1v) is 14.5. The van der Waals surface area contributed by atoms with Gasteiger partial charge in [0.05, 0.1) is 28.9 Å². The molecule has 0 aliphatic heterocycles. The molecule has 0 saturated carbocycles. The van der Waals surface area contributed by atoms with Crippen molar-refractivity contribution in [1.29, 1.82) is 0 Å². The van der Waals surface area contributed by atoms with Crippen LogP contribution < -0.4 is 5.32 Å². The number of aromatic amines is 1. The standard InChI is InChI=1S/C25H34ClN5O5S/c1-5-7-13-36-25(33)16(3)15-18(6-2)24(32)27-19-8-10-20(11-9-19)37(34,35)14-12-21-28-29-23-22(26)17(4)30-31(21)23/h8-11,16,18,30H,5-7,12-15H2,1-4H3,(H,27,32). The van der Waals surface area contributed by atoms with Crippen LogP contribution in [-0.2, 0) is 30.6 Å². The number of fused-ring (bicyclic) bond motifs is 1. The molecule has 3 aromatic rings. The summed E-state index contributed by atoms with van der Waals surface area (Å²) in [7, 11) is -3.60. The zero-order valence-corrected chi connectivity index (χ0v) is 23.2. The summed E-state index contributed by atoms with van der Waals surface area (Å²) in [5, 5.41) is 14.3. The van der Waals surface area contributed by atoms with E-state index < -0.39 is 15.8 Å². The van der Waals surface area contributed by atoms with E-state index in [1.165, 1.54) is 12.1 Å². The maximum atomic E-state index is 12.9. The highest BCUT2D eigenvalue weighted by atomic mass is 35.5. The number of amides is 1. The highest BCUT2D eigenvalue weighted by molar-refractivity contribution is 7.91. The molecule has 1 aromatic carbocycles. The molecule has 0 radical (unpaired) electrons. The summed E-state index contributed by atoms with van der Waals surface area (Å²) >= 11 is 6.16. The molecule has 3 rings (SSSR count). The van der Waals surface area contributed by atoms with Gasteiger partial charge in [-0.25, -0.2) is 12.9 Å². The topological polar surface area (TPSA) is 136 Å². The van der Waals surface area contributed by atoms with Gasteiger partial charge in [0.2, 0.25) is 5.91 Å². The van der Waals surface area contributed by atoms with Crippen LogP contribution in [0.15, 0.2) is 29.2 Å². The number of ether oxygens (including phenoxy) is 1. The second kappa shape index (κ2) is 12.6. The maximum absolute atomic E-state index is 12.9. The van der Waals surface area contributed by atoms with Crippen LogP contribution in [0.1, 0.15) is 58.0 Å². The summed E-state index contributed by atoms with van der Waals surface area (Å²) in [5.41, 5.74) is 1.66. The molecule has 12 heteroatoms. The summed E-state index contributed by atoms with van der Waals surface area (Å²) in [6, 6.07) is 6.05. The van der Waals surface area contributed by atoms with Gasteiger partial charge < -0.3 is 10.1 Å². The Morgan fingerprint density at radius 2 is 1.89 bits per heavy atom. The molecule has 0 saturated heterocycles. The van der Waals surface area contributed by atoms with Crippen molar-refractivity contribution in [3.05, 3.63) is 40.8 Å². The van der Waals surface area contributed by atoms with Crippen molar-refractivity contribution < 1.29 is 22.7 Å². The van der Waals surface area contributed by atoms with Crippen molar-refractivity contribution >= 4 is 44.6 Å². The Balaban J connectivity index is 1.58. The van der Waals surface area contributed by atoms with Crippen LogP contribution in [0.25, 0.3) is 5.65 Å². The van der Waals surface area contributed by atoms with Crippen LogP contribution in [0.4, 0.5) is 5.69 Å². The Bertz CT molecular complexity index is 1330. The zero-order valence-electron chi connectivity index (χ0n) is 21.6. The number of H-pyrrole nitrogens is 1. The first kappa shape index (κ1) is 28.6. The van der Waals surface area contributed by atoms with E-state index >= 15 is 0 Å². The number of unbranched alkanes of at least 4 members (excludes halogenated alkanes) is 1. The molecule has 2 unspecified atom stereocenters. The lowest BCUT2D eigenvalue weighted by atomic mass is 9.93. The van der Waals surface area contributed by atoms with Crippen molar-refractivity contribution in [2.45, 2.75) is 64.7 Å². The molecule has 2 N–H and O–H groups in total. The Hall–Kier alpha value is -2.92. The number of carbonyl (C=O) groups is 2. The van der Waals surface area contributed by atoms with Crippen molar-refractivity contribution in [2.75, 3.05) is 17.7 Å². The number of sulfone groups is 1. The van der Waals surface area contributed by atoms with Gasteiger partial charge in [0.1, 0.15) is 5.02 Å². The maximum Gasteiger partial charge on any atom is 0.308 e. The number of nitrogens with zero attached hydrogens (tertiary/aromatic N) is 3. The van der Waals surface area contributed by atoms with Gasteiger partial charge in [0, 0.05) is 18.0 Å². The van der Waals surface area contributed by atoms with E-state index in [1.54, 1.807) is 30.5 Å². The van der Waals surface area contributed by atoms with Gasteiger partial charge in [-0.1, -0.05) is 38.8 Å². The minimum Gasteiger partial charge on any atom is -0.465 e. The Morgan fingerprint density at radius 1 is 1.19 bits per heavy atom. The van der Waals surface area contributed by atoms with E-state index in [2.05, 4.69) is 20.6 Å². The first-order valence-electron chi connectivity index (χ1n) is 12.5. The lowest BCUT2D eigenvalue weighted by molar-refractivity contribution is -0.148. The smallest absolute Gasteiger partial charge is 0.308 e. The highest BCUT2D eigenvalue weighted by Gasteiger charge is 2.25. The minimum absolute atomic E-state index is 0.141. The van der Waals surface area contributed by atoms with Crippen molar-refractivity contribution in [2.24, 2.45) is 11.8 Å². The Morgan fingerprint density at radius 3 is 2.54 bits per heavy atom. The number of aromatic nitrogens is 4. The predicted molar refractivity (Wildman–Crippen MR) is 141 cm³/mol. The molecule has 37 heavy (non-hydrogen) atoms. The van der Waals surface area contributed by atoms with Crippen LogP contribution in [0.5, 0.6) is 0 Å². The number of rotatable bonds is 13. The van der Waals surface area contributed by atoms with Crippen LogP contribution in [-0.4, -0.2) is 52.5 Å². The number of carbonyl (C=O) groups excluding carboxylic acids is 2. The van der Waals surface area contributed by atoms with Crippen LogP contribution in [0.3, 0.4) is 0 Å². The van der Waals surface area contributed by atoms with Crippen molar-refractivity contribution in [3.63, 3.8) is 0 Å². The normalized spacial score (nSPS) is 13.4. The van der Waals surface area contributed by atoms with Gasteiger partial charge in [-0.05, 0) is 50.5 Å². The number of anilines is 1. The highest BCUT2D eigenvalue weighted by Crippen LogP contribution is 2.23. The predicted octanol–water partition coefficient (Wildman–Crippen LogP) is 4.37. The van der Waals surface area contributed by atoms with Gasteiger partial charge in [0.25, 0.3) is 0 Å². The van der Waals surface area contributed by atoms with Crippen LogP contribution >= 0.6 is 11.6 Å². The zero-order chi connectivity index (χ0) is 27.2. The molecule has 202 valence electrons. The van der Waals surface area contributed by atoms with E-state index in [0.717, 1.165) is 18.5 Å². The number of esters is 1. The molecular formula is C25H34ClN5O5S. The summed E-state index contributed by atoms with van der Waals surface area (Å²) in [6.07, 6.45) is 2.84. The van der Waals surface area contributed by atoms with E-state index in [9.17, 15) is 18.0 Å². The van der Waals surface area contributed by atoms with Gasteiger partial charge >= 0.3 is 5.97 Å². The number of benzene rings is 1. The Labute approximate surface area is 222 Å². The summed E-state index contributed by atoms with van der Waals surface area (Å²) in [5.74, 6) is -0.983. The average molecular weight is 552 g/mol. The number of hydrogen-bond donors (Lipinski definition) is 2. The fraction of sp³-hybridized carbons (Fsp3) is 0.520. The minimum atomic E-state index is -3.60. The fourth-order valence-electron chi connectivity index (χ4n) is 3.90. The number of aryl methyl sites for hydroxylation is 2. The molecule has 2 aromatic heterocycles.